The standard InChI is InChI=1S/C32H26ClN3O7/c33-17-7-4-8-18(13-17)35-28(39)23-14-22-20(10-11-21-25(22)29(40)36(27(21)38)31(34)42)26(24-12-9-19(15-37)43-24)32(23,30(35)41)16-5-2-1-3-6-16/h1-10,12-13,21-23,25-26,37H,11,14-15H2,(H2,34,42)/t21-,22+,23-,25-,26+,32+/m0/s1. The van der Waals surface area contributed by atoms with Crippen LogP contribution in [0.4, 0.5) is 10.5 Å². The predicted molar refractivity (Wildman–Crippen MR) is 152 cm³/mol. The molecule has 6 amide bonds. The second-order valence-corrected chi connectivity index (χ2v) is 11.8. The number of hydrogen-bond donors (Lipinski definition) is 2. The molecule has 2 saturated heterocycles. The Morgan fingerprint density at radius 2 is 1.74 bits per heavy atom. The zero-order chi connectivity index (χ0) is 30.2. The largest absolute Gasteiger partial charge is 0.463 e. The third-order valence-corrected chi connectivity index (χ3v) is 9.75. The van der Waals surface area contributed by atoms with Crippen LogP contribution in [0.1, 0.15) is 35.8 Å². The number of rotatable bonds is 4. The monoisotopic (exact) mass is 599 g/mol. The molecule has 43 heavy (non-hydrogen) atoms. The first kappa shape index (κ1) is 27.3. The number of urea groups is 1. The molecule has 10 nitrogen and oxygen atoms in total. The van der Waals surface area contributed by atoms with E-state index in [0.29, 0.717) is 32.5 Å². The van der Waals surface area contributed by atoms with Crippen molar-refractivity contribution in [3.63, 3.8) is 0 Å². The SMILES string of the molecule is NC(=O)N1C(=O)[C@H]2[C@H](CC=C3[C@H]2C[C@H]2C(=O)N(c4cccc(Cl)c4)C(=O)[C@@]2(c2ccccc2)[C@H]3c2ccc(CO)o2)C1=O. The van der Waals surface area contributed by atoms with Gasteiger partial charge in [0.15, 0.2) is 0 Å². The van der Waals surface area contributed by atoms with Crippen LogP contribution in [0, 0.1) is 23.7 Å². The first-order valence-electron chi connectivity index (χ1n) is 14.0. The maximum atomic E-state index is 15.0. The average molecular weight is 600 g/mol. The Hall–Kier alpha value is -4.54. The van der Waals surface area contributed by atoms with Gasteiger partial charge in [-0.3, -0.25) is 19.2 Å². The van der Waals surface area contributed by atoms with E-state index < -0.39 is 64.7 Å². The molecule has 3 aromatic rings. The minimum atomic E-state index is -1.49. The van der Waals surface area contributed by atoms with Crippen molar-refractivity contribution in [1.82, 2.24) is 4.90 Å². The molecule has 2 aromatic carbocycles. The number of nitrogens with two attached hydrogens (primary N) is 1. The molecule has 0 radical (unpaired) electrons. The van der Waals surface area contributed by atoms with Gasteiger partial charge >= 0.3 is 6.03 Å². The van der Waals surface area contributed by atoms with Crippen LogP contribution in [0.3, 0.4) is 0 Å². The van der Waals surface area contributed by atoms with E-state index in [2.05, 4.69) is 0 Å². The number of allylic oxidation sites excluding steroid dienone is 2. The molecule has 0 spiro atoms. The molecule has 1 saturated carbocycles. The molecule has 3 N–H and O–H groups in total. The second-order valence-electron chi connectivity index (χ2n) is 11.4. The maximum Gasteiger partial charge on any atom is 0.328 e. The number of amides is 6. The summed E-state index contributed by atoms with van der Waals surface area (Å²) in [5.74, 6) is -5.97. The fourth-order valence-electron chi connectivity index (χ4n) is 7.90. The number of furan rings is 1. The van der Waals surface area contributed by atoms with E-state index in [9.17, 15) is 29.1 Å². The summed E-state index contributed by atoms with van der Waals surface area (Å²) in [4.78, 5) is 70.0. The molecule has 3 heterocycles. The van der Waals surface area contributed by atoms with Crippen LogP contribution in [0.2, 0.25) is 5.02 Å². The third-order valence-electron chi connectivity index (χ3n) is 9.51. The molecular formula is C32H26ClN3O7. The number of fused-ring (bicyclic) bond motifs is 4. The van der Waals surface area contributed by atoms with Crippen molar-refractivity contribution < 1.29 is 33.5 Å². The molecule has 218 valence electrons. The van der Waals surface area contributed by atoms with Crippen molar-refractivity contribution in [1.29, 1.82) is 0 Å². The van der Waals surface area contributed by atoms with Crippen LogP contribution in [-0.4, -0.2) is 39.7 Å². The molecule has 1 aromatic heterocycles. The van der Waals surface area contributed by atoms with Crippen molar-refractivity contribution in [3.8, 4) is 0 Å². The van der Waals surface area contributed by atoms with E-state index >= 15 is 0 Å². The zero-order valence-electron chi connectivity index (χ0n) is 22.7. The molecule has 7 rings (SSSR count). The molecule has 3 fully saturated rings. The lowest BCUT2D eigenvalue weighted by molar-refractivity contribution is -0.136. The third kappa shape index (κ3) is 3.66. The van der Waals surface area contributed by atoms with Crippen LogP contribution in [0.25, 0.3) is 0 Å². The number of hydrogen-bond acceptors (Lipinski definition) is 7. The van der Waals surface area contributed by atoms with Gasteiger partial charge in [0.25, 0.3) is 0 Å². The Morgan fingerprint density at radius 3 is 2.42 bits per heavy atom. The highest BCUT2D eigenvalue weighted by molar-refractivity contribution is 6.32. The van der Waals surface area contributed by atoms with Gasteiger partial charge in [-0.1, -0.05) is 59.6 Å². The Bertz CT molecular complexity index is 1750. The normalized spacial score (nSPS) is 29.8. The summed E-state index contributed by atoms with van der Waals surface area (Å²) in [7, 11) is 0. The number of likely N-dealkylation sites (tertiary alicyclic amines) is 1. The number of aliphatic hydroxyl groups excluding tert-OH is 1. The Kier molecular flexibility index (Phi) is 6.19. The lowest BCUT2D eigenvalue weighted by Crippen LogP contribution is -2.53. The van der Waals surface area contributed by atoms with Crippen molar-refractivity contribution in [2.75, 3.05) is 4.90 Å². The summed E-state index contributed by atoms with van der Waals surface area (Å²) in [5.41, 5.74) is 5.50. The lowest BCUT2D eigenvalue weighted by Gasteiger charge is -2.49. The van der Waals surface area contributed by atoms with E-state index in [1.165, 1.54) is 0 Å². The van der Waals surface area contributed by atoms with E-state index in [-0.39, 0.29) is 25.2 Å². The quantitative estimate of drug-likeness (QED) is 0.343. The van der Waals surface area contributed by atoms with Gasteiger partial charge in [0, 0.05) is 5.02 Å². The highest BCUT2D eigenvalue weighted by Gasteiger charge is 2.71. The number of carbonyl (C=O) groups excluding carboxylic acids is 5. The predicted octanol–water partition coefficient (Wildman–Crippen LogP) is 3.67. The number of halogens is 1. The zero-order valence-corrected chi connectivity index (χ0v) is 23.4. The second kappa shape index (κ2) is 9.75. The van der Waals surface area contributed by atoms with Gasteiger partial charge in [0.05, 0.1) is 29.4 Å². The number of carbonyl (C=O) groups is 5. The topological polar surface area (TPSA) is 151 Å². The fourth-order valence-corrected chi connectivity index (χ4v) is 8.09. The Morgan fingerprint density at radius 1 is 0.977 bits per heavy atom. The summed E-state index contributed by atoms with van der Waals surface area (Å²) < 4.78 is 6.11. The van der Waals surface area contributed by atoms with E-state index in [1.54, 1.807) is 60.7 Å². The summed E-state index contributed by atoms with van der Waals surface area (Å²) in [6.07, 6.45) is 2.05. The molecule has 11 heteroatoms. The van der Waals surface area contributed by atoms with Crippen molar-refractivity contribution >= 4 is 46.9 Å². The molecule has 4 aliphatic rings. The summed E-state index contributed by atoms with van der Waals surface area (Å²) in [5, 5.41) is 10.2. The van der Waals surface area contributed by atoms with Crippen LogP contribution in [0.15, 0.2) is 82.8 Å². The Balaban J connectivity index is 1.49. The number of nitrogens with zero attached hydrogens (tertiary/aromatic N) is 2. The first-order chi connectivity index (χ1) is 20.7. The molecule has 2 aliphatic heterocycles. The highest BCUT2D eigenvalue weighted by Crippen LogP contribution is 2.64. The van der Waals surface area contributed by atoms with Crippen LogP contribution < -0.4 is 10.6 Å². The molecular weight excluding hydrogens is 574 g/mol. The molecule has 0 unspecified atom stereocenters. The number of aliphatic hydroxyl groups is 1. The van der Waals surface area contributed by atoms with Crippen molar-refractivity contribution in [3.05, 3.63) is 100 Å². The van der Waals surface area contributed by atoms with Crippen LogP contribution in [-0.2, 0) is 31.2 Å². The first-order valence-corrected chi connectivity index (χ1v) is 14.3. The number of benzene rings is 2. The highest BCUT2D eigenvalue weighted by atomic mass is 35.5. The van der Waals surface area contributed by atoms with Gasteiger partial charge in [0.2, 0.25) is 23.6 Å². The van der Waals surface area contributed by atoms with Crippen LogP contribution >= 0.6 is 11.6 Å². The minimum Gasteiger partial charge on any atom is -0.463 e. The van der Waals surface area contributed by atoms with Gasteiger partial charge in [-0.15, -0.1) is 0 Å². The van der Waals surface area contributed by atoms with Gasteiger partial charge in [-0.05, 0) is 54.7 Å². The molecule has 6 atom stereocenters. The average Bonchev–Trinajstić information content (AvgIpc) is 3.64. The molecule has 2 aliphatic carbocycles. The number of imide groups is 4. The van der Waals surface area contributed by atoms with E-state index in [1.807, 2.05) is 12.1 Å². The smallest absolute Gasteiger partial charge is 0.328 e. The lowest BCUT2D eigenvalue weighted by atomic mass is 9.50. The van der Waals surface area contributed by atoms with E-state index in [0.717, 1.165) is 4.90 Å². The minimum absolute atomic E-state index is 0.0687. The molecule has 0 bridgehead atoms. The number of anilines is 1. The maximum absolute atomic E-state index is 15.0. The van der Waals surface area contributed by atoms with Crippen molar-refractivity contribution in [2.24, 2.45) is 29.4 Å². The van der Waals surface area contributed by atoms with Crippen LogP contribution in [0.5, 0.6) is 0 Å². The fraction of sp³-hybridized carbons (Fsp3) is 0.281. The van der Waals surface area contributed by atoms with Gasteiger partial charge < -0.3 is 15.3 Å². The van der Waals surface area contributed by atoms with Gasteiger partial charge in [-0.25, -0.2) is 9.69 Å². The van der Waals surface area contributed by atoms with E-state index in [4.69, 9.17) is 21.8 Å². The van der Waals surface area contributed by atoms with Crippen molar-refractivity contribution in [2.45, 2.75) is 30.8 Å². The summed E-state index contributed by atoms with van der Waals surface area (Å²) >= 11 is 6.29. The summed E-state index contributed by atoms with van der Waals surface area (Å²) in [6.45, 7) is -0.385. The number of primary amides is 1. The van der Waals surface area contributed by atoms with Gasteiger partial charge in [-0.2, -0.15) is 4.90 Å². The Labute approximate surface area is 250 Å². The van der Waals surface area contributed by atoms with Gasteiger partial charge in [0.1, 0.15) is 23.5 Å². The summed E-state index contributed by atoms with van der Waals surface area (Å²) in [6, 6.07) is 17.6.